The van der Waals surface area contributed by atoms with Crippen molar-refractivity contribution in [3.05, 3.63) is 0 Å². The Balaban J connectivity index is 1.91. The molecule has 9 heavy (non-hydrogen) atoms. The summed E-state index contributed by atoms with van der Waals surface area (Å²) in [5.41, 5.74) is 5.47. The SMILES string of the molecule is CC(N)COC1CNC1. The van der Waals surface area contributed by atoms with Crippen molar-refractivity contribution in [2.45, 2.75) is 19.1 Å². The first-order chi connectivity index (χ1) is 4.29. The average molecular weight is 130 g/mol. The first-order valence-corrected chi connectivity index (χ1v) is 3.37. The third-order valence-electron chi connectivity index (χ3n) is 1.34. The summed E-state index contributed by atoms with van der Waals surface area (Å²) in [6.45, 7) is 4.62. The van der Waals surface area contributed by atoms with Crippen molar-refractivity contribution in [1.82, 2.24) is 5.32 Å². The van der Waals surface area contributed by atoms with Crippen molar-refractivity contribution in [2.24, 2.45) is 5.73 Å². The number of ether oxygens (including phenoxy) is 1. The predicted molar refractivity (Wildman–Crippen MR) is 36.3 cm³/mol. The molecule has 1 aliphatic rings. The Morgan fingerprint density at radius 3 is 2.78 bits per heavy atom. The van der Waals surface area contributed by atoms with Gasteiger partial charge in [-0.2, -0.15) is 0 Å². The van der Waals surface area contributed by atoms with E-state index in [2.05, 4.69) is 5.32 Å². The van der Waals surface area contributed by atoms with E-state index in [0.717, 1.165) is 13.1 Å². The van der Waals surface area contributed by atoms with Crippen LogP contribution in [-0.4, -0.2) is 31.8 Å². The summed E-state index contributed by atoms with van der Waals surface area (Å²) >= 11 is 0. The van der Waals surface area contributed by atoms with Crippen molar-refractivity contribution in [3.8, 4) is 0 Å². The molecule has 1 unspecified atom stereocenters. The summed E-state index contributed by atoms with van der Waals surface area (Å²) in [4.78, 5) is 0. The Kier molecular flexibility index (Phi) is 2.45. The van der Waals surface area contributed by atoms with E-state index >= 15 is 0 Å². The third-order valence-corrected chi connectivity index (χ3v) is 1.34. The van der Waals surface area contributed by atoms with E-state index < -0.39 is 0 Å². The summed E-state index contributed by atoms with van der Waals surface area (Å²) < 4.78 is 5.35. The minimum absolute atomic E-state index is 0.172. The number of nitrogens with one attached hydrogen (secondary N) is 1. The molecule has 3 heteroatoms. The van der Waals surface area contributed by atoms with E-state index in [1.54, 1.807) is 0 Å². The van der Waals surface area contributed by atoms with Gasteiger partial charge >= 0.3 is 0 Å². The van der Waals surface area contributed by atoms with Crippen LogP contribution in [-0.2, 0) is 4.74 Å². The lowest BCUT2D eigenvalue weighted by Crippen LogP contribution is -2.49. The second-order valence-corrected chi connectivity index (χ2v) is 2.59. The summed E-state index contributed by atoms with van der Waals surface area (Å²) in [6, 6.07) is 0.172. The zero-order chi connectivity index (χ0) is 6.69. The Morgan fingerprint density at radius 1 is 1.78 bits per heavy atom. The van der Waals surface area contributed by atoms with Crippen molar-refractivity contribution in [3.63, 3.8) is 0 Å². The van der Waals surface area contributed by atoms with Crippen molar-refractivity contribution >= 4 is 0 Å². The van der Waals surface area contributed by atoms with Crippen LogP contribution in [0.1, 0.15) is 6.92 Å². The highest BCUT2D eigenvalue weighted by Gasteiger charge is 2.16. The van der Waals surface area contributed by atoms with Crippen LogP contribution in [0, 0.1) is 0 Å². The molecule has 1 fully saturated rings. The van der Waals surface area contributed by atoms with Crippen molar-refractivity contribution < 1.29 is 4.74 Å². The van der Waals surface area contributed by atoms with E-state index in [9.17, 15) is 0 Å². The molecule has 0 amide bonds. The van der Waals surface area contributed by atoms with Crippen LogP contribution in [0.25, 0.3) is 0 Å². The van der Waals surface area contributed by atoms with E-state index in [1.165, 1.54) is 0 Å². The zero-order valence-corrected chi connectivity index (χ0v) is 5.76. The van der Waals surface area contributed by atoms with Gasteiger partial charge in [0.15, 0.2) is 0 Å². The van der Waals surface area contributed by atoms with Crippen molar-refractivity contribution in [1.29, 1.82) is 0 Å². The van der Waals surface area contributed by atoms with E-state index in [0.29, 0.717) is 12.7 Å². The van der Waals surface area contributed by atoms with Crippen molar-refractivity contribution in [2.75, 3.05) is 19.7 Å². The Bertz CT molecular complexity index is 81.1. The molecular formula is C6H14N2O. The first kappa shape index (κ1) is 6.99. The minimum atomic E-state index is 0.172. The minimum Gasteiger partial charge on any atom is -0.374 e. The number of hydrogen-bond acceptors (Lipinski definition) is 3. The maximum atomic E-state index is 5.47. The zero-order valence-electron chi connectivity index (χ0n) is 5.76. The van der Waals surface area contributed by atoms with E-state index in [4.69, 9.17) is 10.5 Å². The third kappa shape index (κ3) is 2.30. The largest absolute Gasteiger partial charge is 0.374 e. The fourth-order valence-corrected chi connectivity index (χ4v) is 0.668. The molecular weight excluding hydrogens is 116 g/mol. The number of nitrogens with two attached hydrogens (primary N) is 1. The van der Waals surface area contributed by atoms with Gasteiger partial charge in [0, 0.05) is 19.1 Å². The molecule has 1 atom stereocenters. The van der Waals surface area contributed by atoms with Gasteiger partial charge in [-0.15, -0.1) is 0 Å². The van der Waals surface area contributed by atoms with Crippen LogP contribution in [0.2, 0.25) is 0 Å². The topological polar surface area (TPSA) is 47.3 Å². The monoisotopic (exact) mass is 130 g/mol. The molecule has 3 nitrogen and oxygen atoms in total. The second kappa shape index (κ2) is 3.15. The van der Waals surface area contributed by atoms with Gasteiger partial charge in [-0.1, -0.05) is 0 Å². The molecule has 3 N–H and O–H groups in total. The van der Waals surface area contributed by atoms with Crippen LogP contribution in [0.4, 0.5) is 0 Å². The molecule has 0 aromatic carbocycles. The highest BCUT2D eigenvalue weighted by molar-refractivity contribution is 4.75. The molecule has 1 saturated heterocycles. The first-order valence-electron chi connectivity index (χ1n) is 3.37. The van der Waals surface area contributed by atoms with Gasteiger partial charge in [0.25, 0.3) is 0 Å². The van der Waals surface area contributed by atoms with Gasteiger partial charge in [-0.25, -0.2) is 0 Å². The lowest BCUT2D eigenvalue weighted by Gasteiger charge is -2.27. The summed E-state index contributed by atoms with van der Waals surface area (Å²) in [6.07, 6.45) is 0.427. The fraction of sp³-hybridized carbons (Fsp3) is 1.00. The van der Waals surface area contributed by atoms with Crippen LogP contribution in [0.5, 0.6) is 0 Å². The number of hydrogen-bond donors (Lipinski definition) is 2. The number of rotatable bonds is 3. The second-order valence-electron chi connectivity index (χ2n) is 2.59. The molecule has 54 valence electrons. The Hall–Kier alpha value is -0.120. The van der Waals surface area contributed by atoms with E-state index in [1.807, 2.05) is 6.92 Å². The van der Waals surface area contributed by atoms with Gasteiger partial charge < -0.3 is 15.8 Å². The molecule has 0 aromatic heterocycles. The Labute approximate surface area is 55.6 Å². The van der Waals surface area contributed by atoms with Gasteiger partial charge in [-0.3, -0.25) is 0 Å². The maximum absolute atomic E-state index is 5.47. The standard InChI is InChI=1S/C6H14N2O/c1-5(7)4-9-6-2-8-3-6/h5-6,8H,2-4,7H2,1H3. The summed E-state index contributed by atoms with van der Waals surface area (Å²) in [7, 11) is 0. The van der Waals surface area contributed by atoms with Gasteiger partial charge in [0.2, 0.25) is 0 Å². The van der Waals surface area contributed by atoms with Gasteiger partial charge in [0.05, 0.1) is 12.7 Å². The molecule has 0 saturated carbocycles. The van der Waals surface area contributed by atoms with Crippen LogP contribution >= 0.6 is 0 Å². The molecule has 0 aliphatic carbocycles. The van der Waals surface area contributed by atoms with Gasteiger partial charge in [0.1, 0.15) is 0 Å². The fourth-order valence-electron chi connectivity index (χ4n) is 0.668. The summed E-state index contributed by atoms with van der Waals surface area (Å²) in [5.74, 6) is 0. The van der Waals surface area contributed by atoms with Gasteiger partial charge in [-0.05, 0) is 6.92 Å². The molecule has 1 aliphatic heterocycles. The smallest absolute Gasteiger partial charge is 0.0824 e. The van der Waals surface area contributed by atoms with E-state index in [-0.39, 0.29) is 6.04 Å². The molecule has 0 spiro atoms. The maximum Gasteiger partial charge on any atom is 0.0824 e. The molecule has 0 aromatic rings. The lowest BCUT2D eigenvalue weighted by molar-refractivity contribution is 0.0137. The van der Waals surface area contributed by atoms with Crippen LogP contribution in [0.3, 0.4) is 0 Å². The van der Waals surface area contributed by atoms with Crippen LogP contribution in [0.15, 0.2) is 0 Å². The quantitative estimate of drug-likeness (QED) is 0.532. The normalized spacial score (nSPS) is 23.3. The summed E-state index contributed by atoms with van der Waals surface area (Å²) in [5, 5.41) is 3.12. The molecule has 0 radical (unpaired) electrons. The average Bonchev–Trinajstić information content (AvgIpc) is 1.60. The highest BCUT2D eigenvalue weighted by atomic mass is 16.5. The highest BCUT2D eigenvalue weighted by Crippen LogP contribution is 1.97. The predicted octanol–water partition coefficient (Wildman–Crippen LogP) is -0.678. The van der Waals surface area contributed by atoms with Crippen LogP contribution < -0.4 is 11.1 Å². The molecule has 1 rings (SSSR count). The lowest BCUT2D eigenvalue weighted by atomic mass is 10.2. The Morgan fingerprint density at radius 2 is 2.44 bits per heavy atom. The molecule has 1 heterocycles. The molecule has 0 bridgehead atoms.